The molecule has 28 heavy (non-hydrogen) atoms. The van der Waals surface area contributed by atoms with Crippen LogP contribution in [0, 0.1) is 22.9 Å². The minimum absolute atomic E-state index is 0.0525. The van der Waals surface area contributed by atoms with Crippen molar-refractivity contribution in [2.24, 2.45) is 0 Å². The molecule has 0 atom stereocenters. The first-order valence-corrected chi connectivity index (χ1v) is 9.47. The standard InChI is InChI=1S/C21H24FN3O3/c1-15-19(22)11-18(12-20(15)25(27)28)21(26)23-13-16-7-3-4-8-17(16)14-24-9-5-2-6-10-24/h3-4,7-8,11-12H,2,5-6,9-10,13-14H2,1H3,(H,23,26). The number of nitrogens with one attached hydrogen (secondary N) is 1. The molecule has 2 aromatic carbocycles. The van der Waals surface area contributed by atoms with Gasteiger partial charge >= 0.3 is 0 Å². The molecule has 0 radical (unpaired) electrons. The molecule has 148 valence electrons. The van der Waals surface area contributed by atoms with Gasteiger partial charge in [0.2, 0.25) is 0 Å². The SMILES string of the molecule is Cc1c(F)cc(C(=O)NCc2ccccc2CN2CCCCC2)cc1[N+](=O)[O-]. The number of benzene rings is 2. The number of nitro benzene ring substituents is 1. The summed E-state index contributed by atoms with van der Waals surface area (Å²) in [5.74, 6) is -1.29. The third-order valence-corrected chi connectivity index (χ3v) is 5.18. The number of hydrogen-bond donors (Lipinski definition) is 1. The van der Waals surface area contributed by atoms with Crippen LogP contribution in [0.1, 0.15) is 46.3 Å². The van der Waals surface area contributed by atoms with Crippen molar-refractivity contribution in [1.82, 2.24) is 10.2 Å². The molecule has 0 unspecified atom stereocenters. The second-order valence-corrected chi connectivity index (χ2v) is 7.15. The maximum Gasteiger partial charge on any atom is 0.276 e. The van der Waals surface area contributed by atoms with Gasteiger partial charge in [0.1, 0.15) is 5.82 Å². The van der Waals surface area contributed by atoms with E-state index < -0.39 is 22.3 Å². The van der Waals surface area contributed by atoms with E-state index in [0.29, 0.717) is 0 Å². The Labute approximate surface area is 163 Å². The van der Waals surface area contributed by atoms with Crippen LogP contribution in [0.2, 0.25) is 0 Å². The molecule has 6 nitrogen and oxygen atoms in total. The third kappa shape index (κ3) is 4.72. The number of carbonyl (C=O) groups excluding carboxylic acids is 1. The Morgan fingerprint density at radius 1 is 1.18 bits per heavy atom. The summed E-state index contributed by atoms with van der Waals surface area (Å²) in [6.07, 6.45) is 3.68. The molecule has 1 aliphatic heterocycles. The number of nitro groups is 1. The largest absolute Gasteiger partial charge is 0.348 e. The first kappa shape index (κ1) is 19.9. The molecule has 1 amide bonds. The zero-order valence-electron chi connectivity index (χ0n) is 15.9. The highest BCUT2D eigenvalue weighted by atomic mass is 19.1. The lowest BCUT2D eigenvalue weighted by Crippen LogP contribution is -2.30. The van der Waals surface area contributed by atoms with Crippen LogP contribution in [0.15, 0.2) is 36.4 Å². The highest BCUT2D eigenvalue weighted by Gasteiger charge is 2.20. The lowest BCUT2D eigenvalue weighted by atomic mass is 10.0. The van der Waals surface area contributed by atoms with Crippen LogP contribution in [0.5, 0.6) is 0 Å². The Kier molecular flexibility index (Phi) is 6.36. The highest BCUT2D eigenvalue weighted by Crippen LogP contribution is 2.23. The average molecular weight is 385 g/mol. The molecule has 1 aliphatic rings. The van der Waals surface area contributed by atoms with E-state index in [1.807, 2.05) is 24.3 Å². The molecule has 1 saturated heterocycles. The van der Waals surface area contributed by atoms with Crippen molar-refractivity contribution in [2.45, 2.75) is 39.3 Å². The molecule has 3 rings (SSSR count). The van der Waals surface area contributed by atoms with E-state index in [1.165, 1.54) is 26.2 Å². The van der Waals surface area contributed by atoms with E-state index in [2.05, 4.69) is 10.2 Å². The van der Waals surface area contributed by atoms with Crippen molar-refractivity contribution < 1.29 is 14.1 Å². The number of piperidine rings is 1. The van der Waals surface area contributed by atoms with E-state index in [4.69, 9.17) is 0 Å². The molecule has 0 saturated carbocycles. The molecule has 0 aromatic heterocycles. The number of hydrogen-bond acceptors (Lipinski definition) is 4. The fourth-order valence-electron chi connectivity index (χ4n) is 3.51. The summed E-state index contributed by atoms with van der Waals surface area (Å²) >= 11 is 0. The van der Waals surface area contributed by atoms with Gasteiger partial charge in [0.15, 0.2) is 0 Å². The summed E-state index contributed by atoms with van der Waals surface area (Å²) in [7, 11) is 0. The maximum atomic E-state index is 14.0. The van der Waals surface area contributed by atoms with E-state index in [9.17, 15) is 19.3 Å². The fourth-order valence-corrected chi connectivity index (χ4v) is 3.51. The van der Waals surface area contributed by atoms with E-state index >= 15 is 0 Å². The van der Waals surface area contributed by atoms with Gasteiger partial charge in [-0.1, -0.05) is 30.7 Å². The maximum absolute atomic E-state index is 14.0. The number of carbonyl (C=O) groups is 1. The molecule has 7 heteroatoms. The van der Waals surface area contributed by atoms with E-state index in [1.54, 1.807) is 0 Å². The summed E-state index contributed by atoms with van der Waals surface area (Å²) in [6, 6.07) is 10.1. The Morgan fingerprint density at radius 2 is 1.86 bits per heavy atom. The summed E-state index contributed by atoms with van der Waals surface area (Å²) in [6.45, 7) is 4.59. The fraction of sp³-hybridized carbons (Fsp3) is 0.381. The van der Waals surface area contributed by atoms with Crippen LogP contribution in [0.3, 0.4) is 0 Å². The summed E-state index contributed by atoms with van der Waals surface area (Å²) in [5, 5.41) is 13.8. The van der Waals surface area contributed by atoms with Gasteiger partial charge in [0.25, 0.3) is 11.6 Å². The topological polar surface area (TPSA) is 75.5 Å². The summed E-state index contributed by atoms with van der Waals surface area (Å²) < 4.78 is 14.0. The number of nitrogens with zero attached hydrogens (tertiary/aromatic N) is 2. The van der Waals surface area contributed by atoms with Crippen molar-refractivity contribution in [3.05, 3.63) is 74.6 Å². The number of rotatable bonds is 6. The van der Waals surface area contributed by atoms with Crippen LogP contribution >= 0.6 is 0 Å². The molecule has 2 aromatic rings. The number of halogens is 1. The zero-order valence-corrected chi connectivity index (χ0v) is 15.9. The van der Waals surface area contributed by atoms with Crippen molar-refractivity contribution in [3.63, 3.8) is 0 Å². The molecular weight excluding hydrogens is 361 g/mol. The minimum Gasteiger partial charge on any atom is -0.348 e. The molecule has 0 bridgehead atoms. The van der Waals surface area contributed by atoms with Crippen LogP contribution in [0.25, 0.3) is 0 Å². The first-order valence-electron chi connectivity index (χ1n) is 9.47. The summed E-state index contributed by atoms with van der Waals surface area (Å²) in [4.78, 5) is 25.2. The third-order valence-electron chi connectivity index (χ3n) is 5.18. The van der Waals surface area contributed by atoms with Crippen molar-refractivity contribution in [1.29, 1.82) is 0 Å². The van der Waals surface area contributed by atoms with Gasteiger partial charge < -0.3 is 5.32 Å². The molecule has 1 N–H and O–H groups in total. The Hall–Kier alpha value is -2.80. The lowest BCUT2D eigenvalue weighted by Gasteiger charge is -2.27. The molecular formula is C21H24FN3O3. The zero-order chi connectivity index (χ0) is 20.1. The number of likely N-dealkylation sites (tertiary alicyclic amines) is 1. The predicted molar refractivity (Wildman–Crippen MR) is 105 cm³/mol. The minimum atomic E-state index is -0.759. The molecule has 0 spiro atoms. The first-order chi connectivity index (χ1) is 13.5. The van der Waals surface area contributed by atoms with Crippen LogP contribution < -0.4 is 5.32 Å². The van der Waals surface area contributed by atoms with Gasteiger partial charge in [-0.2, -0.15) is 0 Å². The number of amides is 1. The Morgan fingerprint density at radius 3 is 2.54 bits per heavy atom. The van der Waals surface area contributed by atoms with Gasteiger partial charge in [-0.05, 0) is 50.0 Å². The second-order valence-electron chi connectivity index (χ2n) is 7.15. The lowest BCUT2D eigenvalue weighted by molar-refractivity contribution is -0.385. The quantitative estimate of drug-likeness (QED) is 0.603. The normalized spacial score (nSPS) is 14.6. The smallest absolute Gasteiger partial charge is 0.276 e. The van der Waals surface area contributed by atoms with Gasteiger partial charge in [-0.25, -0.2) is 4.39 Å². The van der Waals surface area contributed by atoms with Crippen LogP contribution in [0.4, 0.5) is 10.1 Å². The molecule has 0 aliphatic carbocycles. The van der Waals surface area contributed by atoms with Crippen molar-refractivity contribution in [2.75, 3.05) is 13.1 Å². The Bertz CT molecular complexity index is 879. The van der Waals surface area contributed by atoms with Crippen molar-refractivity contribution in [3.8, 4) is 0 Å². The van der Waals surface area contributed by atoms with Gasteiger partial charge in [-0.15, -0.1) is 0 Å². The predicted octanol–water partition coefficient (Wildman–Crippen LogP) is 3.96. The van der Waals surface area contributed by atoms with Crippen molar-refractivity contribution >= 4 is 11.6 Å². The average Bonchev–Trinajstić information content (AvgIpc) is 2.69. The molecule has 1 fully saturated rings. The van der Waals surface area contributed by atoms with Gasteiger partial charge in [0.05, 0.1) is 10.5 Å². The second kappa shape index (κ2) is 8.93. The van der Waals surface area contributed by atoms with Gasteiger partial charge in [-0.3, -0.25) is 19.8 Å². The highest BCUT2D eigenvalue weighted by molar-refractivity contribution is 5.95. The molecule has 1 heterocycles. The summed E-state index contributed by atoms with van der Waals surface area (Å²) in [5.41, 5.74) is 1.61. The van der Waals surface area contributed by atoms with Crippen LogP contribution in [-0.4, -0.2) is 28.8 Å². The monoisotopic (exact) mass is 385 g/mol. The van der Waals surface area contributed by atoms with E-state index in [0.717, 1.165) is 42.9 Å². The van der Waals surface area contributed by atoms with Crippen LogP contribution in [-0.2, 0) is 13.1 Å². The van der Waals surface area contributed by atoms with Gasteiger partial charge in [0, 0.05) is 24.7 Å². The Balaban J connectivity index is 1.70. The van der Waals surface area contributed by atoms with E-state index in [-0.39, 0.29) is 17.7 Å².